The topological polar surface area (TPSA) is 51.0 Å². The smallest absolute Gasteiger partial charge is 0.240 e. The summed E-state index contributed by atoms with van der Waals surface area (Å²) in [7, 11) is 0. The highest BCUT2D eigenvalue weighted by atomic mass is 16.5. The van der Waals surface area contributed by atoms with Gasteiger partial charge in [0.15, 0.2) is 5.82 Å². The summed E-state index contributed by atoms with van der Waals surface area (Å²) >= 11 is 0. The number of unbranched alkanes of at least 4 members (excludes halogenated alkanes) is 1. The molecule has 1 heterocycles. The maximum absolute atomic E-state index is 5.07. The number of aromatic nitrogens is 2. The Balaban J connectivity index is 2.22. The van der Waals surface area contributed by atoms with Gasteiger partial charge in [-0.05, 0) is 19.4 Å². The van der Waals surface area contributed by atoms with Crippen LogP contribution in [-0.2, 0) is 13.0 Å². The predicted molar refractivity (Wildman–Crippen MR) is 54.9 cm³/mol. The first-order chi connectivity index (χ1) is 6.86. The Morgan fingerprint density at radius 1 is 1.29 bits per heavy atom. The van der Waals surface area contributed by atoms with Crippen LogP contribution in [0, 0.1) is 0 Å². The van der Waals surface area contributed by atoms with Gasteiger partial charge in [0, 0.05) is 6.42 Å². The van der Waals surface area contributed by atoms with Crippen molar-refractivity contribution in [2.75, 3.05) is 6.54 Å². The fourth-order valence-corrected chi connectivity index (χ4v) is 1.18. The molecule has 4 nitrogen and oxygen atoms in total. The normalized spacial score (nSPS) is 10.7. The maximum Gasteiger partial charge on any atom is 0.240 e. The molecule has 0 amide bonds. The summed E-state index contributed by atoms with van der Waals surface area (Å²) in [6.45, 7) is 5.99. The van der Waals surface area contributed by atoms with Gasteiger partial charge in [-0.25, -0.2) is 0 Å². The molecule has 0 unspecified atom stereocenters. The van der Waals surface area contributed by atoms with Crippen molar-refractivity contribution in [1.82, 2.24) is 15.5 Å². The summed E-state index contributed by atoms with van der Waals surface area (Å²) in [5.41, 5.74) is 0. The average molecular weight is 197 g/mol. The summed E-state index contributed by atoms with van der Waals surface area (Å²) < 4.78 is 5.07. The largest absolute Gasteiger partial charge is 0.338 e. The van der Waals surface area contributed by atoms with Crippen LogP contribution < -0.4 is 5.32 Å². The van der Waals surface area contributed by atoms with E-state index >= 15 is 0 Å². The summed E-state index contributed by atoms with van der Waals surface area (Å²) in [5.74, 6) is 1.52. The minimum absolute atomic E-state index is 0.691. The molecule has 0 atom stereocenters. The van der Waals surface area contributed by atoms with E-state index < -0.39 is 0 Å². The van der Waals surface area contributed by atoms with E-state index in [2.05, 4.69) is 29.3 Å². The van der Waals surface area contributed by atoms with Gasteiger partial charge in [0.1, 0.15) is 0 Å². The highest BCUT2D eigenvalue weighted by Gasteiger charge is 2.03. The van der Waals surface area contributed by atoms with Crippen molar-refractivity contribution in [3.63, 3.8) is 0 Å². The monoisotopic (exact) mass is 197 g/mol. The van der Waals surface area contributed by atoms with E-state index in [0.29, 0.717) is 12.4 Å². The van der Waals surface area contributed by atoms with Crippen molar-refractivity contribution >= 4 is 0 Å². The number of nitrogens with one attached hydrogen (secondary N) is 1. The van der Waals surface area contributed by atoms with Gasteiger partial charge >= 0.3 is 0 Å². The highest BCUT2D eigenvalue weighted by molar-refractivity contribution is 4.85. The van der Waals surface area contributed by atoms with Crippen LogP contribution in [0.5, 0.6) is 0 Å². The quantitative estimate of drug-likeness (QED) is 0.678. The molecule has 0 bridgehead atoms. The molecular formula is C10H19N3O. The lowest BCUT2D eigenvalue weighted by Crippen LogP contribution is -2.14. The molecule has 0 aliphatic heterocycles. The second-order valence-corrected chi connectivity index (χ2v) is 3.38. The van der Waals surface area contributed by atoms with Gasteiger partial charge in [-0.1, -0.05) is 25.4 Å². The summed E-state index contributed by atoms with van der Waals surface area (Å²) in [4.78, 5) is 4.26. The molecule has 0 spiro atoms. The third kappa shape index (κ3) is 3.87. The molecular weight excluding hydrogens is 178 g/mol. The number of nitrogens with zero attached hydrogens (tertiary/aromatic N) is 2. The van der Waals surface area contributed by atoms with Crippen LogP contribution in [0.4, 0.5) is 0 Å². The van der Waals surface area contributed by atoms with Crippen LogP contribution in [0.25, 0.3) is 0 Å². The minimum Gasteiger partial charge on any atom is -0.338 e. The molecule has 1 N–H and O–H groups in total. The molecule has 1 rings (SSSR count). The SMILES string of the molecule is CCCCNCc1nc(CCC)no1. The lowest BCUT2D eigenvalue weighted by atomic mass is 10.3. The van der Waals surface area contributed by atoms with Gasteiger partial charge in [-0.2, -0.15) is 4.98 Å². The molecule has 0 aromatic carbocycles. The first-order valence-electron chi connectivity index (χ1n) is 5.39. The molecule has 0 fully saturated rings. The first kappa shape index (κ1) is 11.2. The molecule has 1 aromatic heterocycles. The number of hydrogen-bond acceptors (Lipinski definition) is 4. The summed E-state index contributed by atoms with van der Waals surface area (Å²) in [6, 6.07) is 0. The van der Waals surface area contributed by atoms with Crippen molar-refractivity contribution in [3.05, 3.63) is 11.7 Å². The van der Waals surface area contributed by atoms with E-state index in [1.807, 2.05) is 0 Å². The van der Waals surface area contributed by atoms with Crippen LogP contribution >= 0.6 is 0 Å². The van der Waals surface area contributed by atoms with Gasteiger partial charge < -0.3 is 9.84 Å². The predicted octanol–water partition coefficient (Wildman–Crippen LogP) is 1.91. The average Bonchev–Trinajstić information content (AvgIpc) is 2.61. The van der Waals surface area contributed by atoms with Gasteiger partial charge in [-0.15, -0.1) is 0 Å². The van der Waals surface area contributed by atoms with E-state index in [0.717, 1.165) is 25.2 Å². The van der Waals surface area contributed by atoms with Crippen molar-refractivity contribution in [3.8, 4) is 0 Å². The number of aryl methyl sites for hydroxylation is 1. The molecule has 0 saturated carbocycles. The van der Waals surface area contributed by atoms with Crippen molar-refractivity contribution in [1.29, 1.82) is 0 Å². The van der Waals surface area contributed by atoms with Gasteiger partial charge in [0.05, 0.1) is 6.54 Å². The first-order valence-corrected chi connectivity index (χ1v) is 5.39. The molecule has 80 valence electrons. The molecule has 14 heavy (non-hydrogen) atoms. The second kappa shape index (κ2) is 6.54. The molecule has 4 heteroatoms. The van der Waals surface area contributed by atoms with E-state index in [1.165, 1.54) is 12.8 Å². The maximum atomic E-state index is 5.07. The fourth-order valence-electron chi connectivity index (χ4n) is 1.18. The van der Waals surface area contributed by atoms with Crippen molar-refractivity contribution in [2.45, 2.75) is 46.1 Å². The van der Waals surface area contributed by atoms with Crippen LogP contribution in [0.3, 0.4) is 0 Å². The Morgan fingerprint density at radius 2 is 2.14 bits per heavy atom. The molecule has 0 radical (unpaired) electrons. The molecule has 0 aliphatic carbocycles. The Labute approximate surface area is 85.1 Å². The van der Waals surface area contributed by atoms with Gasteiger partial charge in [0.2, 0.25) is 5.89 Å². The Bertz CT molecular complexity index is 247. The van der Waals surface area contributed by atoms with Crippen LogP contribution in [0.1, 0.15) is 44.8 Å². The lowest BCUT2D eigenvalue weighted by molar-refractivity contribution is 0.362. The zero-order valence-electron chi connectivity index (χ0n) is 9.05. The van der Waals surface area contributed by atoms with Crippen LogP contribution in [0.2, 0.25) is 0 Å². The third-order valence-corrected chi connectivity index (χ3v) is 1.97. The minimum atomic E-state index is 0.691. The van der Waals surface area contributed by atoms with Crippen LogP contribution in [-0.4, -0.2) is 16.7 Å². The highest BCUT2D eigenvalue weighted by Crippen LogP contribution is 1.99. The Morgan fingerprint density at radius 3 is 2.86 bits per heavy atom. The van der Waals surface area contributed by atoms with E-state index in [1.54, 1.807) is 0 Å². The second-order valence-electron chi connectivity index (χ2n) is 3.38. The van der Waals surface area contributed by atoms with E-state index in [9.17, 15) is 0 Å². The number of rotatable bonds is 7. The van der Waals surface area contributed by atoms with E-state index in [-0.39, 0.29) is 0 Å². The zero-order chi connectivity index (χ0) is 10.2. The van der Waals surface area contributed by atoms with E-state index in [4.69, 9.17) is 4.52 Å². The fraction of sp³-hybridized carbons (Fsp3) is 0.800. The lowest BCUT2D eigenvalue weighted by Gasteiger charge is -1.97. The Hall–Kier alpha value is -0.900. The molecule has 1 aromatic rings. The van der Waals surface area contributed by atoms with Gasteiger partial charge in [-0.3, -0.25) is 0 Å². The van der Waals surface area contributed by atoms with Crippen LogP contribution in [0.15, 0.2) is 4.52 Å². The van der Waals surface area contributed by atoms with Gasteiger partial charge in [0.25, 0.3) is 0 Å². The molecule has 0 saturated heterocycles. The molecule has 0 aliphatic rings. The number of hydrogen-bond donors (Lipinski definition) is 1. The summed E-state index contributed by atoms with van der Waals surface area (Å²) in [6.07, 6.45) is 4.36. The standard InChI is InChI=1S/C10H19N3O/c1-3-5-7-11-8-10-12-9(6-4-2)13-14-10/h11H,3-8H2,1-2H3. The zero-order valence-corrected chi connectivity index (χ0v) is 9.05. The third-order valence-electron chi connectivity index (χ3n) is 1.97. The Kier molecular flexibility index (Phi) is 5.22. The van der Waals surface area contributed by atoms with Crippen molar-refractivity contribution < 1.29 is 4.52 Å². The summed E-state index contributed by atoms with van der Waals surface area (Å²) in [5, 5.41) is 7.14. The van der Waals surface area contributed by atoms with Crippen molar-refractivity contribution in [2.24, 2.45) is 0 Å².